The quantitative estimate of drug-likeness (QED) is 0.783. The average Bonchev–Trinajstić information content (AvgIpc) is 2.78. The topological polar surface area (TPSA) is 59.2 Å². The van der Waals surface area contributed by atoms with Crippen molar-refractivity contribution in [1.29, 1.82) is 0 Å². The van der Waals surface area contributed by atoms with Crippen LogP contribution < -0.4 is 0 Å². The molecule has 0 saturated heterocycles. The highest BCUT2D eigenvalue weighted by molar-refractivity contribution is 5.20. The number of hydrogen-bond donors (Lipinski definition) is 1. The van der Waals surface area contributed by atoms with E-state index >= 15 is 0 Å². The molecular formula is C10H16N2O2. The predicted octanol–water partition coefficient (Wildman–Crippen LogP) is 1.81. The monoisotopic (exact) mass is 196 g/mol. The molecule has 1 heterocycles. The molecule has 4 nitrogen and oxygen atoms in total. The molecule has 1 N–H and O–H groups in total. The molecule has 1 aromatic heterocycles. The van der Waals surface area contributed by atoms with E-state index in [1.54, 1.807) is 0 Å². The highest BCUT2D eigenvalue weighted by Gasteiger charge is 2.37. The summed E-state index contributed by atoms with van der Waals surface area (Å²) < 4.78 is 4.71. The summed E-state index contributed by atoms with van der Waals surface area (Å²) in [5.74, 6) is 0.364. The maximum Gasteiger partial charge on any atom is 0.137 e. The van der Waals surface area contributed by atoms with Gasteiger partial charge >= 0.3 is 0 Å². The number of rotatable bonds is 2. The Balaban J connectivity index is 2.28. The first kappa shape index (κ1) is 9.65. The number of nitrogens with zero attached hydrogens (tertiary/aromatic N) is 2. The third kappa shape index (κ3) is 1.66. The van der Waals surface area contributed by atoms with E-state index < -0.39 is 6.10 Å². The van der Waals surface area contributed by atoms with Gasteiger partial charge in [0.2, 0.25) is 0 Å². The smallest absolute Gasteiger partial charge is 0.137 e. The van der Waals surface area contributed by atoms with Crippen LogP contribution in [0.2, 0.25) is 0 Å². The Kier molecular flexibility index (Phi) is 2.10. The molecular weight excluding hydrogens is 180 g/mol. The minimum absolute atomic E-state index is 0.120. The Labute approximate surface area is 83.3 Å². The van der Waals surface area contributed by atoms with Crippen molar-refractivity contribution in [3.63, 3.8) is 0 Å². The lowest BCUT2D eigenvalue weighted by atomic mass is 9.89. The van der Waals surface area contributed by atoms with Gasteiger partial charge in [0.1, 0.15) is 17.5 Å². The molecule has 1 saturated carbocycles. The largest absolute Gasteiger partial charge is 0.386 e. The van der Waals surface area contributed by atoms with E-state index in [1.807, 2.05) is 20.8 Å². The van der Waals surface area contributed by atoms with E-state index in [0.717, 1.165) is 18.5 Å². The van der Waals surface area contributed by atoms with Crippen molar-refractivity contribution >= 4 is 0 Å². The fourth-order valence-electron chi connectivity index (χ4n) is 1.55. The lowest BCUT2D eigenvalue weighted by Crippen LogP contribution is -2.17. The highest BCUT2D eigenvalue weighted by Crippen LogP contribution is 2.42. The van der Waals surface area contributed by atoms with Crippen LogP contribution in [0.5, 0.6) is 0 Å². The maximum atomic E-state index is 9.93. The van der Waals surface area contributed by atoms with Crippen molar-refractivity contribution in [2.75, 3.05) is 0 Å². The average molecular weight is 196 g/mol. The van der Waals surface area contributed by atoms with Gasteiger partial charge in [-0.05, 0) is 18.8 Å². The summed E-state index contributed by atoms with van der Waals surface area (Å²) in [5, 5.41) is 17.6. The van der Waals surface area contributed by atoms with E-state index in [2.05, 4.69) is 10.3 Å². The summed E-state index contributed by atoms with van der Waals surface area (Å²) in [7, 11) is 0. The molecule has 4 heteroatoms. The van der Waals surface area contributed by atoms with Crippen LogP contribution >= 0.6 is 0 Å². The van der Waals surface area contributed by atoms with Crippen LogP contribution in [0.25, 0.3) is 0 Å². The molecule has 2 rings (SSSR count). The summed E-state index contributed by atoms with van der Waals surface area (Å²) in [4.78, 5) is 0. The summed E-state index contributed by atoms with van der Waals surface area (Å²) in [6.45, 7) is 6.11. The summed E-state index contributed by atoms with van der Waals surface area (Å²) in [6, 6.07) is 0. The Morgan fingerprint density at radius 2 is 2.00 bits per heavy atom. The fourth-order valence-corrected chi connectivity index (χ4v) is 1.55. The number of hydrogen-bond acceptors (Lipinski definition) is 4. The zero-order chi connectivity index (χ0) is 10.3. The molecule has 0 radical (unpaired) electrons. The van der Waals surface area contributed by atoms with Gasteiger partial charge in [-0.15, -0.1) is 0 Å². The van der Waals surface area contributed by atoms with Gasteiger partial charge in [-0.25, -0.2) is 4.63 Å². The number of aliphatic hydroxyl groups excluding tert-OH is 1. The van der Waals surface area contributed by atoms with Crippen LogP contribution in [0.4, 0.5) is 0 Å². The van der Waals surface area contributed by atoms with Gasteiger partial charge in [0.05, 0.1) is 0 Å². The molecule has 0 unspecified atom stereocenters. The fraction of sp³-hybridized carbons (Fsp3) is 0.800. The van der Waals surface area contributed by atoms with Crippen LogP contribution in [0.1, 0.15) is 51.1 Å². The van der Waals surface area contributed by atoms with E-state index in [1.165, 1.54) is 0 Å². The van der Waals surface area contributed by atoms with Crippen LogP contribution in [-0.4, -0.2) is 15.4 Å². The Morgan fingerprint density at radius 3 is 2.50 bits per heavy atom. The van der Waals surface area contributed by atoms with Crippen LogP contribution in [-0.2, 0) is 5.41 Å². The lowest BCUT2D eigenvalue weighted by molar-refractivity contribution is 0.141. The minimum Gasteiger partial charge on any atom is -0.386 e. The van der Waals surface area contributed by atoms with Gasteiger partial charge in [-0.2, -0.15) is 0 Å². The second-order valence-corrected chi connectivity index (χ2v) is 5.03. The number of aliphatic hydroxyl groups is 1. The first-order chi connectivity index (χ1) is 6.50. The molecule has 0 bridgehead atoms. The molecule has 0 amide bonds. The van der Waals surface area contributed by atoms with E-state index in [-0.39, 0.29) is 5.41 Å². The van der Waals surface area contributed by atoms with Crippen molar-refractivity contribution in [1.82, 2.24) is 10.3 Å². The van der Waals surface area contributed by atoms with Crippen molar-refractivity contribution in [3.8, 4) is 0 Å². The van der Waals surface area contributed by atoms with Crippen LogP contribution in [0, 0.1) is 5.92 Å². The first-order valence-corrected chi connectivity index (χ1v) is 5.01. The zero-order valence-electron chi connectivity index (χ0n) is 8.82. The van der Waals surface area contributed by atoms with Gasteiger partial charge in [0.25, 0.3) is 0 Å². The minimum atomic E-state index is -0.490. The normalized spacial score (nSPS) is 19.7. The van der Waals surface area contributed by atoms with Crippen molar-refractivity contribution in [2.24, 2.45) is 5.92 Å². The second-order valence-electron chi connectivity index (χ2n) is 5.03. The molecule has 78 valence electrons. The van der Waals surface area contributed by atoms with Crippen molar-refractivity contribution in [2.45, 2.75) is 45.1 Å². The molecule has 1 fully saturated rings. The Bertz CT molecular complexity index is 323. The summed E-state index contributed by atoms with van der Waals surface area (Å²) >= 11 is 0. The summed E-state index contributed by atoms with van der Waals surface area (Å²) in [6.07, 6.45) is 1.67. The first-order valence-electron chi connectivity index (χ1n) is 5.01. The van der Waals surface area contributed by atoms with E-state index in [0.29, 0.717) is 11.6 Å². The second kappa shape index (κ2) is 3.05. The van der Waals surface area contributed by atoms with Crippen molar-refractivity contribution in [3.05, 3.63) is 11.4 Å². The molecule has 1 atom stereocenters. The third-order valence-electron chi connectivity index (χ3n) is 2.57. The molecule has 0 spiro atoms. The SMILES string of the molecule is CC(C)(C)c1nonc1[C@H](O)C1CC1. The molecule has 0 aromatic carbocycles. The molecule has 14 heavy (non-hydrogen) atoms. The van der Waals surface area contributed by atoms with Crippen LogP contribution in [0.3, 0.4) is 0 Å². The zero-order valence-corrected chi connectivity index (χ0v) is 8.82. The molecule has 1 aliphatic rings. The standard InChI is InChI=1S/C10H16N2O2/c1-10(2,3)9-7(11-14-12-9)8(13)6-4-5-6/h6,8,13H,4-5H2,1-3H3/t8-/m1/s1. The van der Waals surface area contributed by atoms with Gasteiger partial charge < -0.3 is 5.11 Å². The van der Waals surface area contributed by atoms with Crippen molar-refractivity contribution < 1.29 is 9.74 Å². The third-order valence-corrected chi connectivity index (χ3v) is 2.57. The van der Waals surface area contributed by atoms with Crippen LogP contribution in [0.15, 0.2) is 4.63 Å². The molecule has 0 aliphatic heterocycles. The number of aromatic nitrogens is 2. The summed E-state index contributed by atoms with van der Waals surface area (Å²) in [5.41, 5.74) is 1.28. The Hall–Kier alpha value is -0.900. The Morgan fingerprint density at radius 1 is 1.36 bits per heavy atom. The van der Waals surface area contributed by atoms with E-state index in [4.69, 9.17) is 4.63 Å². The van der Waals surface area contributed by atoms with Gasteiger partial charge in [-0.1, -0.05) is 31.1 Å². The highest BCUT2D eigenvalue weighted by atomic mass is 16.6. The lowest BCUT2D eigenvalue weighted by Gasteiger charge is -2.17. The van der Waals surface area contributed by atoms with Gasteiger partial charge in [0, 0.05) is 5.41 Å². The van der Waals surface area contributed by atoms with Gasteiger partial charge in [-0.3, -0.25) is 0 Å². The molecule has 1 aromatic rings. The van der Waals surface area contributed by atoms with Gasteiger partial charge in [0.15, 0.2) is 0 Å². The predicted molar refractivity (Wildman–Crippen MR) is 50.7 cm³/mol. The maximum absolute atomic E-state index is 9.93. The van der Waals surface area contributed by atoms with E-state index in [9.17, 15) is 5.11 Å². The molecule has 1 aliphatic carbocycles.